The highest BCUT2D eigenvalue weighted by Gasteiger charge is 2.34. The molecule has 1 aromatic heterocycles. The highest BCUT2D eigenvalue weighted by atomic mass is 35.5. The lowest BCUT2D eigenvalue weighted by atomic mass is 9.98. The van der Waals surface area contributed by atoms with Crippen LogP contribution in [0.3, 0.4) is 0 Å². The first-order chi connectivity index (χ1) is 11.3. The summed E-state index contributed by atoms with van der Waals surface area (Å²) in [6, 6.07) is 0. The number of hydrogen-bond donors (Lipinski definition) is 2. The van der Waals surface area contributed by atoms with Crippen molar-refractivity contribution in [2.24, 2.45) is 11.7 Å². The third-order valence-corrected chi connectivity index (χ3v) is 6.30. The summed E-state index contributed by atoms with van der Waals surface area (Å²) in [5, 5.41) is 5.22. The van der Waals surface area contributed by atoms with Gasteiger partial charge in [-0.25, -0.2) is 13.4 Å². The predicted octanol–water partition coefficient (Wildman–Crippen LogP) is 1.06. The molecule has 25 heavy (non-hydrogen) atoms. The maximum atomic E-state index is 12.5. The van der Waals surface area contributed by atoms with Gasteiger partial charge >= 0.3 is 5.76 Å². The number of piperidine rings is 1. The van der Waals surface area contributed by atoms with Crippen LogP contribution in [-0.4, -0.2) is 55.6 Å². The number of nitrogens with zero attached hydrogens (tertiary/aromatic N) is 2. The first kappa shape index (κ1) is 22.2. The van der Waals surface area contributed by atoms with Gasteiger partial charge in [-0.15, -0.1) is 23.7 Å². The van der Waals surface area contributed by atoms with E-state index in [1.54, 1.807) is 5.38 Å². The van der Waals surface area contributed by atoms with Crippen LogP contribution in [0.5, 0.6) is 0 Å². The summed E-state index contributed by atoms with van der Waals surface area (Å²) in [4.78, 5) is 16.2. The van der Waals surface area contributed by atoms with E-state index in [0.717, 1.165) is 9.31 Å². The Hall–Kier alpha value is -0.880. The maximum Gasteiger partial charge on any atom is 0.350 e. The topological polar surface area (TPSA) is 105 Å². The molecule has 2 rings (SSSR count). The summed E-state index contributed by atoms with van der Waals surface area (Å²) in [5.41, 5.74) is 5.77. The summed E-state index contributed by atoms with van der Waals surface area (Å²) in [5.74, 6) is -3.63. The number of carbonyl (C=O) groups is 1. The van der Waals surface area contributed by atoms with E-state index in [2.05, 4.69) is 10.3 Å². The fraction of sp³-hybridized carbons (Fsp3) is 0.692. The van der Waals surface area contributed by atoms with Gasteiger partial charge in [-0.2, -0.15) is 13.1 Å². The van der Waals surface area contributed by atoms with Crippen molar-refractivity contribution >= 4 is 39.7 Å². The Balaban J connectivity index is 0.00000312. The zero-order chi connectivity index (χ0) is 17.7. The molecule has 0 saturated carbocycles. The van der Waals surface area contributed by atoms with Gasteiger partial charge in [0, 0.05) is 31.4 Å². The second-order valence-electron chi connectivity index (χ2n) is 5.52. The van der Waals surface area contributed by atoms with Crippen molar-refractivity contribution < 1.29 is 22.0 Å². The van der Waals surface area contributed by atoms with Gasteiger partial charge in [0.05, 0.1) is 5.01 Å². The van der Waals surface area contributed by atoms with Crippen LogP contribution >= 0.6 is 23.7 Å². The number of thiazole rings is 1. The minimum atomic E-state index is -4.51. The van der Waals surface area contributed by atoms with Gasteiger partial charge in [-0.3, -0.25) is 4.79 Å². The number of carbonyl (C=O) groups excluding carboxylic acids is 1. The molecule has 2 heterocycles. The molecule has 1 fully saturated rings. The van der Waals surface area contributed by atoms with Crippen molar-refractivity contribution in [1.29, 1.82) is 0 Å². The lowest BCUT2D eigenvalue weighted by Crippen LogP contribution is -2.43. The zero-order valence-electron chi connectivity index (χ0n) is 13.4. The number of hydrogen-bond acceptors (Lipinski definition) is 6. The molecule has 0 atom stereocenters. The minimum absolute atomic E-state index is 0. The van der Waals surface area contributed by atoms with Crippen molar-refractivity contribution in [1.82, 2.24) is 14.6 Å². The van der Waals surface area contributed by atoms with E-state index in [4.69, 9.17) is 5.73 Å². The summed E-state index contributed by atoms with van der Waals surface area (Å²) >= 11 is 1.37. The molecular formula is C13H21ClF2N4O3S2. The Morgan fingerprint density at radius 2 is 2.08 bits per heavy atom. The van der Waals surface area contributed by atoms with Crippen molar-refractivity contribution in [2.75, 3.05) is 26.2 Å². The summed E-state index contributed by atoms with van der Waals surface area (Å²) in [7, 11) is -4.51. The van der Waals surface area contributed by atoms with Crippen molar-refractivity contribution in [2.45, 2.75) is 25.0 Å². The summed E-state index contributed by atoms with van der Waals surface area (Å²) < 4.78 is 48.6. The molecule has 1 aromatic rings. The average Bonchev–Trinajstić information content (AvgIpc) is 3.02. The van der Waals surface area contributed by atoms with Crippen LogP contribution in [0.4, 0.5) is 8.78 Å². The molecule has 3 N–H and O–H groups in total. The molecule has 0 aromatic carbocycles. The van der Waals surface area contributed by atoms with Crippen LogP contribution < -0.4 is 11.1 Å². The normalized spacial score (nSPS) is 16.6. The van der Waals surface area contributed by atoms with E-state index in [9.17, 15) is 22.0 Å². The number of aromatic nitrogens is 1. The number of rotatable bonds is 7. The lowest BCUT2D eigenvalue weighted by molar-refractivity contribution is 0.0936. The van der Waals surface area contributed by atoms with Crippen molar-refractivity contribution in [3.05, 3.63) is 16.1 Å². The van der Waals surface area contributed by atoms with E-state index >= 15 is 0 Å². The molecule has 12 heteroatoms. The highest BCUT2D eigenvalue weighted by molar-refractivity contribution is 7.89. The fourth-order valence-corrected chi connectivity index (χ4v) is 4.20. The molecule has 7 nitrogen and oxygen atoms in total. The molecule has 0 aliphatic carbocycles. The van der Waals surface area contributed by atoms with Crippen molar-refractivity contribution in [3.63, 3.8) is 0 Å². The average molecular weight is 419 g/mol. The van der Waals surface area contributed by atoms with Crippen LogP contribution in [0.2, 0.25) is 0 Å². The highest BCUT2D eigenvalue weighted by Crippen LogP contribution is 2.22. The van der Waals surface area contributed by atoms with E-state index in [-0.39, 0.29) is 37.3 Å². The largest absolute Gasteiger partial charge is 0.350 e. The summed E-state index contributed by atoms with van der Waals surface area (Å²) in [6.07, 6.45) is 1.48. The number of amides is 1. The number of halogens is 3. The minimum Gasteiger partial charge on any atom is -0.350 e. The smallest absolute Gasteiger partial charge is 0.350 e. The second kappa shape index (κ2) is 9.72. The first-order valence-corrected chi connectivity index (χ1v) is 9.92. The predicted molar refractivity (Wildman–Crippen MR) is 93.7 cm³/mol. The molecule has 1 saturated heterocycles. The monoisotopic (exact) mass is 418 g/mol. The maximum absolute atomic E-state index is 12.5. The Morgan fingerprint density at radius 3 is 2.64 bits per heavy atom. The zero-order valence-corrected chi connectivity index (χ0v) is 15.8. The molecule has 1 amide bonds. The second-order valence-corrected chi connectivity index (χ2v) is 8.37. The molecule has 0 bridgehead atoms. The van der Waals surface area contributed by atoms with Crippen molar-refractivity contribution in [3.8, 4) is 0 Å². The van der Waals surface area contributed by atoms with Gasteiger partial charge in [0.15, 0.2) is 0 Å². The number of alkyl halides is 2. The van der Waals surface area contributed by atoms with Crippen LogP contribution in [-0.2, 0) is 16.4 Å². The third-order valence-electron chi connectivity index (χ3n) is 3.85. The standard InChI is InChI=1S/C13H20F2N4O3S2.ClH/c14-13(15)24(21,22)19-5-2-9(3-6-19)7-17-12(20)10-8-23-11(18-10)1-4-16;/h8-9,13H,1-7,16H2,(H,17,20);1H. The fourth-order valence-electron chi connectivity index (χ4n) is 2.46. The van der Waals surface area contributed by atoms with Crippen LogP contribution in [0.15, 0.2) is 5.38 Å². The number of nitrogens with two attached hydrogens (primary N) is 1. The van der Waals surface area contributed by atoms with Gasteiger partial charge in [-0.05, 0) is 25.3 Å². The molecule has 1 aliphatic rings. The lowest BCUT2D eigenvalue weighted by Gasteiger charge is -2.30. The molecule has 1 aliphatic heterocycles. The van der Waals surface area contributed by atoms with E-state index in [1.165, 1.54) is 11.3 Å². The quantitative estimate of drug-likeness (QED) is 0.688. The van der Waals surface area contributed by atoms with Gasteiger partial charge < -0.3 is 11.1 Å². The SMILES string of the molecule is Cl.NCCc1nc(C(=O)NCC2CCN(S(=O)(=O)C(F)F)CC2)cs1. The third kappa shape index (κ3) is 5.81. The molecule has 0 spiro atoms. The molecule has 0 unspecified atom stereocenters. The number of sulfonamides is 1. The van der Waals surface area contributed by atoms with Gasteiger partial charge in [-0.1, -0.05) is 0 Å². The van der Waals surface area contributed by atoms with Crippen LogP contribution in [0.25, 0.3) is 0 Å². The van der Waals surface area contributed by atoms with Gasteiger partial charge in [0.1, 0.15) is 5.69 Å². The first-order valence-electron chi connectivity index (χ1n) is 7.54. The van der Waals surface area contributed by atoms with Gasteiger partial charge in [0.2, 0.25) is 0 Å². The van der Waals surface area contributed by atoms with E-state index < -0.39 is 15.8 Å². The Labute approximate surface area is 155 Å². The van der Waals surface area contributed by atoms with E-state index in [1.807, 2.05) is 0 Å². The molecular weight excluding hydrogens is 398 g/mol. The Morgan fingerprint density at radius 1 is 1.44 bits per heavy atom. The Bertz CT molecular complexity index is 664. The Kier molecular flexibility index (Phi) is 8.61. The van der Waals surface area contributed by atoms with Crippen LogP contribution in [0, 0.1) is 5.92 Å². The molecule has 0 radical (unpaired) electrons. The van der Waals surface area contributed by atoms with E-state index in [0.29, 0.717) is 38.0 Å². The van der Waals surface area contributed by atoms with Crippen LogP contribution in [0.1, 0.15) is 28.3 Å². The number of nitrogens with one attached hydrogen (secondary N) is 1. The summed E-state index contributed by atoms with van der Waals surface area (Å²) in [6.45, 7) is 0.926. The van der Waals surface area contributed by atoms with Gasteiger partial charge in [0.25, 0.3) is 15.9 Å². The molecule has 144 valence electrons.